The van der Waals surface area contributed by atoms with Crippen LogP contribution in [0.15, 0.2) is 18.2 Å². The minimum atomic E-state index is -1.34. The number of piperazine rings is 1. The van der Waals surface area contributed by atoms with Crippen LogP contribution in [0.2, 0.25) is 5.02 Å². The third-order valence-electron chi connectivity index (χ3n) is 5.87. The van der Waals surface area contributed by atoms with Crippen LogP contribution in [0.4, 0.5) is 19.4 Å². The first-order valence-electron chi connectivity index (χ1n) is 10.2. The Morgan fingerprint density at radius 3 is 2.23 bits per heavy atom. The normalized spacial score (nSPS) is 18.4. The van der Waals surface area contributed by atoms with Gasteiger partial charge < -0.3 is 14.7 Å². The predicted molar refractivity (Wildman–Crippen MR) is 112 cm³/mol. The predicted octanol–water partition coefficient (Wildman–Crippen LogP) is 3.07. The van der Waals surface area contributed by atoms with Gasteiger partial charge >= 0.3 is 6.03 Å². The van der Waals surface area contributed by atoms with Crippen molar-refractivity contribution in [3.05, 3.63) is 28.8 Å². The molecule has 0 spiro atoms. The minimum absolute atomic E-state index is 0.116. The second kappa shape index (κ2) is 9.78. The van der Waals surface area contributed by atoms with Gasteiger partial charge in [-0.25, -0.2) is 4.79 Å². The lowest BCUT2D eigenvalue weighted by Gasteiger charge is -2.39. The molecule has 166 valence electrons. The van der Waals surface area contributed by atoms with E-state index in [9.17, 15) is 18.6 Å². The zero-order valence-electron chi connectivity index (χ0n) is 17.4. The average Bonchev–Trinajstić information content (AvgIpc) is 2.73. The van der Waals surface area contributed by atoms with Gasteiger partial charge in [0, 0.05) is 70.9 Å². The van der Waals surface area contributed by atoms with Gasteiger partial charge in [0.05, 0.1) is 10.6 Å². The van der Waals surface area contributed by atoms with Crippen molar-refractivity contribution in [3.63, 3.8) is 0 Å². The fourth-order valence-corrected chi connectivity index (χ4v) is 4.34. The number of carbonyl (C=O) groups excluding carboxylic acids is 2. The summed E-state index contributed by atoms with van der Waals surface area (Å²) < 4.78 is 24.8. The molecule has 0 atom stereocenters. The Kier molecular flexibility index (Phi) is 7.36. The first-order chi connectivity index (χ1) is 14.3. The number of halogens is 3. The molecule has 0 unspecified atom stereocenters. The highest BCUT2D eigenvalue weighted by Crippen LogP contribution is 2.26. The highest BCUT2D eigenvalue weighted by Gasteiger charge is 2.28. The van der Waals surface area contributed by atoms with Gasteiger partial charge in [-0.1, -0.05) is 20.6 Å². The molecule has 3 rings (SSSR count). The molecule has 7 nitrogen and oxygen atoms in total. The monoisotopic (exact) mass is 443 g/mol. The summed E-state index contributed by atoms with van der Waals surface area (Å²) in [6.45, 7) is 5.19. The molecule has 0 saturated carbocycles. The first kappa shape index (κ1) is 22.6. The number of likely N-dealkylation sites (tertiary alicyclic amines) is 1. The lowest BCUT2D eigenvalue weighted by molar-refractivity contribution is -0.112. The Labute approximate surface area is 180 Å². The zero-order chi connectivity index (χ0) is 21.8. The van der Waals surface area contributed by atoms with Crippen LogP contribution in [-0.2, 0) is 0 Å². The van der Waals surface area contributed by atoms with Gasteiger partial charge in [-0.15, -0.1) is 0 Å². The number of piperidine rings is 1. The molecule has 2 aliphatic heterocycles. The molecule has 3 amide bonds. The summed E-state index contributed by atoms with van der Waals surface area (Å²) in [7, 11) is 3.40. The van der Waals surface area contributed by atoms with E-state index in [2.05, 4.69) is 9.80 Å². The quantitative estimate of drug-likeness (QED) is 0.671. The van der Waals surface area contributed by atoms with Crippen LogP contribution in [0.25, 0.3) is 0 Å². The smallest absolute Gasteiger partial charge is 0.369 e. The minimum Gasteiger partial charge on any atom is -0.369 e. The van der Waals surface area contributed by atoms with Gasteiger partial charge in [0.25, 0.3) is 5.91 Å². The maximum absolute atomic E-state index is 12.4. The number of carbonyl (C=O) groups is 2. The number of amides is 3. The van der Waals surface area contributed by atoms with Gasteiger partial charge in [-0.05, 0) is 37.0 Å². The van der Waals surface area contributed by atoms with E-state index in [0.29, 0.717) is 29.6 Å². The number of anilines is 1. The molecule has 0 aliphatic carbocycles. The molecule has 2 aliphatic rings. The summed E-state index contributed by atoms with van der Waals surface area (Å²) in [6.07, 6.45) is 1.49. The second-order valence-electron chi connectivity index (χ2n) is 8.10. The summed E-state index contributed by atoms with van der Waals surface area (Å²) in [4.78, 5) is 30.8. The van der Waals surface area contributed by atoms with Crippen molar-refractivity contribution in [2.75, 3.05) is 64.8 Å². The fraction of sp³-hybridized carbons (Fsp3) is 0.600. The highest BCUT2D eigenvalue weighted by molar-refractivity contribution is 6.34. The van der Waals surface area contributed by atoms with E-state index in [1.165, 1.54) is 9.80 Å². The summed E-state index contributed by atoms with van der Waals surface area (Å²) in [5, 5.41) is -0.885. The molecule has 2 heterocycles. The summed E-state index contributed by atoms with van der Waals surface area (Å²) >= 11 is 6.34. The molecular formula is C20H28ClF2N5O2. The number of nitrogens with zero attached hydrogens (tertiary/aromatic N) is 5. The van der Waals surface area contributed by atoms with Crippen LogP contribution in [0.5, 0.6) is 0 Å². The van der Waals surface area contributed by atoms with Crippen LogP contribution in [0.1, 0.15) is 23.2 Å². The van der Waals surface area contributed by atoms with E-state index in [-0.39, 0.29) is 5.91 Å². The Balaban J connectivity index is 1.47. The van der Waals surface area contributed by atoms with E-state index in [1.807, 2.05) is 12.1 Å². The highest BCUT2D eigenvalue weighted by atomic mass is 35.5. The third-order valence-corrected chi connectivity index (χ3v) is 6.19. The zero-order valence-corrected chi connectivity index (χ0v) is 18.1. The second-order valence-corrected chi connectivity index (χ2v) is 8.50. The van der Waals surface area contributed by atoms with Gasteiger partial charge in [-0.2, -0.15) is 0 Å². The molecule has 30 heavy (non-hydrogen) atoms. The number of rotatable bonds is 4. The molecule has 10 heteroatoms. The van der Waals surface area contributed by atoms with Crippen LogP contribution < -0.4 is 4.90 Å². The Hall–Kier alpha value is -2.13. The molecule has 0 bridgehead atoms. The van der Waals surface area contributed by atoms with Gasteiger partial charge in [0.1, 0.15) is 0 Å². The van der Waals surface area contributed by atoms with Crippen LogP contribution in [0, 0.1) is 5.92 Å². The third kappa shape index (κ3) is 5.31. The van der Waals surface area contributed by atoms with Crippen molar-refractivity contribution in [1.82, 2.24) is 20.0 Å². The largest absolute Gasteiger partial charge is 0.378 e. The van der Waals surface area contributed by atoms with Crippen LogP contribution in [0.3, 0.4) is 0 Å². The number of urea groups is 1. The number of hydrogen-bond donors (Lipinski definition) is 0. The van der Waals surface area contributed by atoms with Crippen molar-refractivity contribution >= 4 is 29.2 Å². The standard InChI is InChI=1S/C20H28ClF2N5O2/c1-24(2)19(29)17-4-3-16(13-18(17)21)26-11-9-25(10-12-26)14-15-5-7-27(8-6-15)20(30)28(22)23/h3-4,13,15H,5-12,14H2,1-2H3. The Morgan fingerprint density at radius 2 is 1.70 bits per heavy atom. The maximum atomic E-state index is 12.4. The van der Waals surface area contributed by atoms with E-state index < -0.39 is 11.4 Å². The van der Waals surface area contributed by atoms with E-state index in [0.717, 1.165) is 51.3 Å². The average molecular weight is 444 g/mol. The van der Waals surface area contributed by atoms with Crippen molar-refractivity contribution in [2.45, 2.75) is 12.8 Å². The lowest BCUT2D eigenvalue weighted by atomic mass is 9.96. The van der Waals surface area contributed by atoms with Gasteiger partial charge in [-0.3, -0.25) is 9.69 Å². The molecule has 1 aromatic carbocycles. The number of hydrogen-bond acceptors (Lipinski definition) is 4. The SMILES string of the molecule is CN(C)C(=O)c1ccc(N2CCN(CC3CCN(C(=O)N(F)F)CC3)CC2)cc1Cl. The molecule has 0 radical (unpaired) electrons. The molecular weight excluding hydrogens is 416 g/mol. The summed E-state index contributed by atoms with van der Waals surface area (Å²) in [5.41, 5.74) is 1.50. The maximum Gasteiger partial charge on any atom is 0.378 e. The Bertz CT molecular complexity index is 764. The topological polar surface area (TPSA) is 50.3 Å². The molecule has 1 aromatic rings. The number of benzene rings is 1. The van der Waals surface area contributed by atoms with Crippen molar-refractivity contribution in [2.24, 2.45) is 5.92 Å². The van der Waals surface area contributed by atoms with Gasteiger partial charge in [0.2, 0.25) is 0 Å². The summed E-state index contributed by atoms with van der Waals surface area (Å²) in [5.74, 6) is 0.300. The molecule has 2 saturated heterocycles. The Morgan fingerprint density at radius 1 is 1.07 bits per heavy atom. The van der Waals surface area contributed by atoms with Crippen molar-refractivity contribution < 1.29 is 18.6 Å². The van der Waals surface area contributed by atoms with Crippen molar-refractivity contribution in [1.29, 1.82) is 0 Å². The van der Waals surface area contributed by atoms with Gasteiger partial charge in [0.15, 0.2) is 0 Å². The first-order valence-corrected chi connectivity index (χ1v) is 10.5. The van der Waals surface area contributed by atoms with Crippen molar-refractivity contribution in [3.8, 4) is 0 Å². The molecule has 0 N–H and O–H groups in total. The van der Waals surface area contributed by atoms with E-state index >= 15 is 0 Å². The fourth-order valence-electron chi connectivity index (χ4n) is 4.08. The molecule has 2 fully saturated rings. The van der Waals surface area contributed by atoms with Crippen LogP contribution >= 0.6 is 11.6 Å². The van der Waals surface area contributed by atoms with E-state index in [1.54, 1.807) is 20.2 Å². The molecule has 0 aromatic heterocycles. The lowest BCUT2D eigenvalue weighted by Crippen LogP contribution is -2.49. The summed E-state index contributed by atoms with van der Waals surface area (Å²) in [6, 6.07) is 4.35. The van der Waals surface area contributed by atoms with E-state index in [4.69, 9.17) is 11.6 Å². The van der Waals surface area contributed by atoms with Crippen LogP contribution in [-0.4, -0.2) is 91.9 Å².